The molecule has 0 fully saturated rings. The van der Waals surface area contributed by atoms with Gasteiger partial charge in [0.1, 0.15) is 5.75 Å². The number of hydrogen-bond acceptors (Lipinski definition) is 2. The quantitative estimate of drug-likeness (QED) is 0.826. The Hall–Kier alpha value is -2.29. The van der Waals surface area contributed by atoms with Gasteiger partial charge in [-0.15, -0.1) is 0 Å². The van der Waals surface area contributed by atoms with Crippen molar-refractivity contribution in [2.24, 2.45) is 0 Å². The number of rotatable bonds is 6. The van der Waals surface area contributed by atoms with Gasteiger partial charge >= 0.3 is 0 Å². The van der Waals surface area contributed by atoms with Crippen molar-refractivity contribution in [3.63, 3.8) is 0 Å². The lowest BCUT2D eigenvalue weighted by molar-refractivity contribution is -0.122. The summed E-state index contributed by atoms with van der Waals surface area (Å²) in [5.74, 6) is 0.964. The molecule has 0 aromatic heterocycles. The maximum absolute atomic E-state index is 12.1. The molecule has 0 heterocycles. The first kappa shape index (κ1) is 14.6. The van der Waals surface area contributed by atoms with Crippen molar-refractivity contribution in [2.75, 3.05) is 6.61 Å². The van der Waals surface area contributed by atoms with E-state index in [2.05, 4.69) is 23.5 Å². The van der Waals surface area contributed by atoms with Crippen LogP contribution in [0.15, 0.2) is 54.6 Å². The number of ether oxygens (including phenoxy) is 1. The van der Waals surface area contributed by atoms with Gasteiger partial charge < -0.3 is 10.1 Å². The summed E-state index contributed by atoms with van der Waals surface area (Å²) in [5.41, 5.74) is 2.64. The predicted molar refractivity (Wildman–Crippen MR) is 86.8 cm³/mol. The van der Waals surface area contributed by atoms with Gasteiger partial charge in [-0.05, 0) is 42.5 Å². The van der Waals surface area contributed by atoms with E-state index in [1.807, 2.05) is 36.4 Å². The standard InChI is InChI=1S/C19H21NO2/c21-19(11-6-14-22-16-8-2-1-3-9-16)20-18-13-12-15-7-4-5-10-17(15)18/h1-5,7-10,18H,6,11-14H2,(H,20,21). The highest BCUT2D eigenvalue weighted by Gasteiger charge is 2.22. The number of nitrogens with one attached hydrogen (secondary N) is 1. The van der Waals surface area contributed by atoms with E-state index in [1.54, 1.807) is 0 Å². The molecule has 0 bridgehead atoms. The van der Waals surface area contributed by atoms with E-state index in [4.69, 9.17) is 4.74 Å². The van der Waals surface area contributed by atoms with E-state index in [-0.39, 0.29) is 11.9 Å². The average molecular weight is 295 g/mol. The highest BCUT2D eigenvalue weighted by molar-refractivity contribution is 5.76. The molecule has 0 radical (unpaired) electrons. The van der Waals surface area contributed by atoms with E-state index in [9.17, 15) is 4.79 Å². The zero-order valence-corrected chi connectivity index (χ0v) is 12.6. The number of carbonyl (C=O) groups excluding carboxylic acids is 1. The summed E-state index contributed by atoms with van der Waals surface area (Å²) < 4.78 is 5.60. The first-order valence-electron chi connectivity index (χ1n) is 7.88. The van der Waals surface area contributed by atoms with Gasteiger partial charge in [0.2, 0.25) is 5.91 Å². The first-order chi connectivity index (χ1) is 10.8. The molecule has 114 valence electrons. The van der Waals surface area contributed by atoms with Crippen LogP contribution in [0.25, 0.3) is 0 Å². The van der Waals surface area contributed by atoms with Crippen LogP contribution in [-0.2, 0) is 11.2 Å². The molecule has 2 aromatic carbocycles. The van der Waals surface area contributed by atoms with Crippen molar-refractivity contribution >= 4 is 5.91 Å². The van der Waals surface area contributed by atoms with E-state index < -0.39 is 0 Å². The van der Waals surface area contributed by atoms with E-state index >= 15 is 0 Å². The van der Waals surface area contributed by atoms with Crippen LogP contribution in [0.1, 0.15) is 36.4 Å². The molecule has 1 aliphatic carbocycles. The Labute approximate surface area is 131 Å². The minimum Gasteiger partial charge on any atom is -0.494 e. The molecule has 1 unspecified atom stereocenters. The zero-order chi connectivity index (χ0) is 15.2. The number of carbonyl (C=O) groups is 1. The predicted octanol–water partition coefficient (Wildman–Crippen LogP) is 3.65. The van der Waals surface area contributed by atoms with Crippen molar-refractivity contribution in [1.82, 2.24) is 5.32 Å². The fourth-order valence-corrected chi connectivity index (χ4v) is 2.91. The fourth-order valence-electron chi connectivity index (χ4n) is 2.91. The molecule has 3 rings (SSSR count). The molecule has 1 aliphatic rings. The molecule has 0 spiro atoms. The SMILES string of the molecule is O=C(CCCOc1ccccc1)NC1CCc2ccccc21. The molecule has 0 saturated carbocycles. The van der Waals surface area contributed by atoms with Gasteiger partial charge in [-0.3, -0.25) is 4.79 Å². The summed E-state index contributed by atoms with van der Waals surface area (Å²) in [5, 5.41) is 3.14. The third-order valence-electron chi connectivity index (χ3n) is 4.03. The minimum absolute atomic E-state index is 0.110. The van der Waals surface area contributed by atoms with Crippen LogP contribution >= 0.6 is 0 Å². The van der Waals surface area contributed by atoms with Gasteiger partial charge in [0.15, 0.2) is 0 Å². The van der Waals surface area contributed by atoms with Gasteiger partial charge in [0.25, 0.3) is 0 Å². The monoisotopic (exact) mass is 295 g/mol. The molecular weight excluding hydrogens is 274 g/mol. The smallest absolute Gasteiger partial charge is 0.220 e. The summed E-state index contributed by atoms with van der Waals surface area (Å²) in [6.45, 7) is 0.568. The summed E-state index contributed by atoms with van der Waals surface area (Å²) in [6, 6.07) is 18.2. The van der Waals surface area contributed by atoms with Gasteiger partial charge in [0, 0.05) is 6.42 Å². The van der Waals surface area contributed by atoms with Crippen LogP contribution in [0.5, 0.6) is 5.75 Å². The first-order valence-corrected chi connectivity index (χ1v) is 7.88. The topological polar surface area (TPSA) is 38.3 Å². The third-order valence-corrected chi connectivity index (χ3v) is 4.03. The highest BCUT2D eigenvalue weighted by Crippen LogP contribution is 2.30. The van der Waals surface area contributed by atoms with Gasteiger partial charge in [0.05, 0.1) is 12.6 Å². The molecule has 3 heteroatoms. The van der Waals surface area contributed by atoms with Crippen molar-refractivity contribution in [3.05, 3.63) is 65.7 Å². The second kappa shape index (κ2) is 7.12. The number of para-hydroxylation sites is 1. The van der Waals surface area contributed by atoms with Crippen molar-refractivity contribution in [1.29, 1.82) is 0 Å². The largest absolute Gasteiger partial charge is 0.494 e. The van der Waals surface area contributed by atoms with E-state index in [1.165, 1.54) is 11.1 Å². The number of fused-ring (bicyclic) bond motifs is 1. The summed E-state index contributed by atoms with van der Waals surface area (Å²) in [7, 11) is 0. The summed E-state index contributed by atoms with van der Waals surface area (Å²) in [6.07, 6.45) is 3.30. The second-order valence-corrected chi connectivity index (χ2v) is 5.62. The Morgan fingerprint density at radius 3 is 2.73 bits per heavy atom. The Bertz CT molecular complexity index is 624. The molecule has 3 nitrogen and oxygen atoms in total. The summed E-state index contributed by atoms with van der Waals surface area (Å²) >= 11 is 0. The Morgan fingerprint density at radius 2 is 1.86 bits per heavy atom. The van der Waals surface area contributed by atoms with Crippen molar-refractivity contribution in [2.45, 2.75) is 31.7 Å². The van der Waals surface area contributed by atoms with Crippen LogP contribution in [0.4, 0.5) is 0 Å². The Balaban J connectivity index is 1.40. The maximum atomic E-state index is 12.1. The molecular formula is C19H21NO2. The maximum Gasteiger partial charge on any atom is 0.220 e. The molecule has 0 saturated heterocycles. The third kappa shape index (κ3) is 3.67. The van der Waals surface area contributed by atoms with Crippen LogP contribution in [0.2, 0.25) is 0 Å². The fraction of sp³-hybridized carbons (Fsp3) is 0.316. The molecule has 1 atom stereocenters. The minimum atomic E-state index is 0.110. The molecule has 0 aliphatic heterocycles. The Morgan fingerprint density at radius 1 is 1.09 bits per heavy atom. The zero-order valence-electron chi connectivity index (χ0n) is 12.6. The average Bonchev–Trinajstić information content (AvgIpc) is 2.96. The number of aryl methyl sites for hydroxylation is 1. The second-order valence-electron chi connectivity index (χ2n) is 5.62. The van der Waals surface area contributed by atoms with Crippen LogP contribution in [-0.4, -0.2) is 12.5 Å². The van der Waals surface area contributed by atoms with Gasteiger partial charge in [-0.25, -0.2) is 0 Å². The molecule has 22 heavy (non-hydrogen) atoms. The van der Waals surface area contributed by atoms with Gasteiger partial charge in [-0.1, -0.05) is 42.5 Å². The van der Waals surface area contributed by atoms with Crippen LogP contribution in [0, 0.1) is 0 Å². The van der Waals surface area contributed by atoms with E-state index in [0.29, 0.717) is 13.0 Å². The van der Waals surface area contributed by atoms with Gasteiger partial charge in [-0.2, -0.15) is 0 Å². The van der Waals surface area contributed by atoms with Crippen LogP contribution < -0.4 is 10.1 Å². The van der Waals surface area contributed by atoms with Crippen LogP contribution in [0.3, 0.4) is 0 Å². The lowest BCUT2D eigenvalue weighted by Crippen LogP contribution is -2.27. The Kier molecular flexibility index (Phi) is 4.74. The van der Waals surface area contributed by atoms with Crippen molar-refractivity contribution < 1.29 is 9.53 Å². The summed E-state index contributed by atoms with van der Waals surface area (Å²) in [4.78, 5) is 12.1. The number of benzene rings is 2. The van der Waals surface area contributed by atoms with E-state index in [0.717, 1.165) is 25.0 Å². The molecule has 1 amide bonds. The molecule has 2 aromatic rings. The lowest BCUT2D eigenvalue weighted by Gasteiger charge is -2.14. The molecule has 1 N–H and O–H groups in total. The van der Waals surface area contributed by atoms with Crippen molar-refractivity contribution in [3.8, 4) is 5.75 Å². The lowest BCUT2D eigenvalue weighted by atomic mass is 10.1. The number of hydrogen-bond donors (Lipinski definition) is 1. The number of amides is 1. The highest BCUT2D eigenvalue weighted by atomic mass is 16.5. The normalized spacial score (nSPS) is 16.1.